The molecule has 3 rings (SSSR count). The van der Waals surface area contributed by atoms with E-state index in [0.29, 0.717) is 0 Å². The zero-order valence-electron chi connectivity index (χ0n) is 12.4. The van der Waals surface area contributed by atoms with E-state index in [9.17, 15) is 4.79 Å². The van der Waals surface area contributed by atoms with Crippen molar-refractivity contribution in [2.45, 2.75) is 27.7 Å². The van der Waals surface area contributed by atoms with E-state index in [2.05, 4.69) is 50.0 Å². The van der Waals surface area contributed by atoms with Gasteiger partial charge in [-0.1, -0.05) is 0 Å². The van der Waals surface area contributed by atoms with Gasteiger partial charge in [0.1, 0.15) is 0 Å². The Kier molecular flexibility index (Phi) is 3.55. The first-order valence-corrected chi connectivity index (χ1v) is 8.33. The van der Waals surface area contributed by atoms with Gasteiger partial charge in [-0.15, -0.1) is 22.7 Å². The highest BCUT2D eigenvalue weighted by Crippen LogP contribution is 2.38. The molecule has 0 saturated heterocycles. The number of thiophene rings is 2. The Morgan fingerprint density at radius 1 is 0.905 bits per heavy atom. The van der Waals surface area contributed by atoms with Crippen LogP contribution in [0.5, 0.6) is 0 Å². The summed E-state index contributed by atoms with van der Waals surface area (Å²) in [5.74, 6) is 0. The van der Waals surface area contributed by atoms with Crippen LogP contribution < -0.4 is 5.56 Å². The summed E-state index contributed by atoms with van der Waals surface area (Å²) in [5, 5.41) is 6.58. The molecule has 0 aromatic carbocycles. The predicted octanol–water partition coefficient (Wildman–Crippen LogP) is 4.46. The lowest BCUT2D eigenvalue weighted by Crippen LogP contribution is -2.12. The van der Waals surface area contributed by atoms with Crippen LogP contribution in [-0.2, 0) is 0 Å². The van der Waals surface area contributed by atoms with E-state index < -0.39 is 0 Å². The van der Waals surface area contributed by atoms with E-state index in [1.807, 2.05) is 0 Å². The Morgan fingerprint density at radius 3 is 2.00 bits per heavy atom. The van der Waals surface area contributed by atoms with Crippen LogP contribution in [-0.4, -0.2) is 10.2 Å². The molecule has 0 fully saturated rings. The summed E-state index contributed by atoms with van der Waals surface area (Å²) in [7, 11) is 0. The van der Waals surface area contributed by atoms with Gasteiger partial charge in [0.05, 0.1) is 11.8 Å². The summed E-state index contributed by atoms with van der Waals surface area (Å²) in [6.45, 7) is 8.30. The van der Waals surface area contributed by atoms with Crippen molar-refractivity contribution in [2.75, 3.05) is 0 Å². The highest BCUT2D eigenvalue weighted by molar-refractivity contribution is 7.12. The van der Waals surface area contributed by atoms with Crippen molar-refractivity contribution in [1.82, 2.24) is 10.2 Å². The molecule has 0 bridgehead atoms. The maximum atomic E-state index is 12.4. The van der Waals surface area contributed by atoms with E-state index in [1.54, 1.807) is 28.9 Å². The first kappa shape index (κ1) is 14.2. The molecule has 0 spiro atoms. The zero-order valence-corrected chi connectivity index (χ0v) is 14.0. The molecule has 108 valence electrons. The molecule has 0 atom stereocenters. The minimum Gasteiger partial charge on any atom is -0.267 e. The number of hydrogen-bond donors (Lipinski definition) is 1. The maximum Gasteiger partial charge on any atom is 0.272 e. The molecule has 0 aliphatic heterocycles. The first-order chi connectivity index (χ1) is 9.97. The predicted molar refractivity (Wildman–Crippen MR) is 90.4 cm³/mol. The second-order valence-corrected chi connectivity index (χ2v) is 8.06. The summed E-state index contributed by atoms with van der Waals surface area (Å²) in [4.78, 5) is 17.2. The van der Waals surface area contributed by atoms with Gasteiger partial charge in [-0.2, -0.15) is 5.10 Å². The summed E-state index contributed by atoms with van der Waals surface area (Å²) in [5.41, 5.74) is 3.64. The summed E-state index contributed by atoms with van der Waals surface area (Å²) < 4.78 is 0. The van der Waals surface area contributed by atoms with Gasteiger partial charge in [-0.3, -0.25) is 4.79 Å². The second-order valence-electron chi connectivity index (χ2n) is 5.14. The normalized spacial score (nSPS) is 11.0. The largest absolute Gasteiger partial charge is 0.272 e. The molecule has 0 radical (unpaired) electrons. The molecule has 0 aliphatic carbocycles. The third-order valence-electron chi connectivity index (χ3n) is 3.50. The summed E-state index contributed by atoms with van der Waals surface area (Å²) in [6, 6.07) is 4.22. The second kappa shape index (κ2) is 5.24. The number of hydrogen-bond acceptors (Lipinski definition) is 4. The van der Waals surface area contributed by atoms with Gasteiger partial charge in [0.25, 0.3) is 5.56 Å². The third-order valence-corrected chi connectivity index (χ3v) is 5.43. The smallest absolute Gasteiger partial charge is 0.267 e. The summed E-state index contributed by atoms with van der Waals surface area (Å²) >= 11 is 3.46. The van der Waals surface area contributed by atoms with E-state index >= 15 is 0 Å². The highest BCUT2D eigenvalue weighted by Gasteiger charge is 2.18. The molecule has 3 aromatic rings. The number of H-pyrrole nitrogens is 1. The van der Waals surface area contributed by atoms with Crippen LogP contribution in [0.1, 0.15) is 19.5 Å². The Balaban J connectivity index is 2.33. The van der Waals surface area contributed by atoms with Crippen molar-refractivity contribution in [3.63, 3.8) is 0 Å². The average molecular weight is 316 g/mol. The molecule has 3 heterocycles. The van der Waals surface area contributed by atoms with E-state index in [-0.39, 0.29) is 5.56 Å². The van der Waals surface area contributed by atoms with Crippen molar-refractivity contribution in [1.29, 1.82) is 0 Å². The average Bonchev–Trinajstić information content (AvgIpc) is 2.91. The number of aryl methyl sites for hydroxylation is 4. The van der Waals surface area contributed by atoms with Crippen LogP contribution in [0, 0.1) is 27.7 Å². The molecule has 3 nitrogen and oxygen atoms in total. The number of rotatable bonds is 2. The topological polar surface area (TPSA) is 45.8 Å². The van der Waals surface area contributed by atoms with Crippen molar-refractivity contribution < 1.29 is 0 Å². The third kappa shape index (κ3) is 2.47. The van der Waals surface area contributed by atoms with Gasteiger partial charge in [-0.05, 0) is 45.4 Å². The van der Waals surface area contributed by atoms with E-state index in [0.717, 1.165) is 27.1 Å². The fourth-order valence-electron chi connectivity index (χ4n) is 2.65. The minimum absolute atomic E-state index is 0.128. The quantitative estimate of drug-likeness (QED) is 0.758. The van der Waals surface area contributed by atoms with Gasteiger partial charge < -0.3 is 0 Å². The van der Waals surface area contributed by atoms with Gasteiger partial charge in [0.15, 0.2) is 0 Å². The zero-order chi connectivity index (χ0) is 15.1. The molecular formula is C16H16N2OS2. The fourth-order valence-corrected chi connectivity index (χ4v) is 4.52. The van der Waals surface area contributed by atoms with Crippen molar-refractivity contribution in [2.24, 2.45) is 0 Å². The Morgan fingerprint density at radius 2 is 1.48 bits per heavy atom. The van der Waals surface area contributed by atoms with Crippen LogP contribution in [0.3, 0.4) is 0 Å². The molecular weight excluding hydrogens is 300 g/mol. The van der Waals surface area contributed by atoms with Crippen LogP contribution in [0.2, 0.25) is 0 Å². The lowest BCUT2D eigenvalue weighted by atomic mass is 9.98. The number of nitrogens with zero attached hydrogens (tertiary/aromatic N) is 1. The number of nitrogens with one attached hydrogen (secondary N) is 1. The molecule has 0 unspecified atom stereocenters. The van der Waals surface area contributed by atoms with Crippen LogP contribution in [0.15, 0.2) is 23.1 Å². The highest BCUT2D eigenvalue weighted by atomic mass is 32.1. The molecule has 21 heavy (non-hydrogen) atoms. The fraction of sp³-hybridized carbons (Fsp3) is 0.250. The molecule has 1 N–H and O–H groups in total. The standard InChI is InChI=1S/C16H16N2OS2/c1-8-5-12(10(3)20-8)14-7-17-18-16(19)15(14)13-6-9(2)21-11(13)4/h5-7H,1-4H3,(H,18,19). The molecule has 0 saturated carbocycles. The minimum atomic E-state index is -0.128. The Labute approximate surface area is 131 Å². The van der Waals surface area contributed by atoms with Crippen molar-refractivity contribution in [3.05, 3.63) is 48.2 Å². The van der Waals surface area contributed by atoms with E-state index in [4.69, 9.17) is 0 Å². The van der Waals surface area contributed by atoms with Crippen LogP contribution in [0.4, 0.5) is 0 Å². The SMILES string of the molecule is Cc1cc(-c2cn[nH]c(=O)c2-c2cc(C)sc2C)c(C)s1. The molecule has 0 aliphatic rings. The Hall–Kier alpha value is -1.72. The summed E-state index contributed by atoms with van der Waals surface area (Å²) in [6.07, 6.45) is 1.76. The maximum absolute atomic E-state index is 12.4. The van der Waals surface area contributed by atoms with Gasteiger partial charge >= 0.3 is 0 Å². The monoisotopic (exact) mass is 316 g/mol. The first-order valence-electron chi connectivity index (χ1n) is 6.70. The van der Waals surface area contributed by atoms with Crippen molar-refractivity contribution in [3.8, 4) is 22.3 Å². The molecule has 5 heteroatoms. The molecule has 0 amide bonds. The lowest BCUT2D eigenvalue weighted by Gasteiger charge is -2.07. The number of aromatic nitrogens is 2. The van der Waals surface area contributed by atoms with Crippen LogP contribution >= 0.6 is 22.7 Å². The Bertz CT molecular complexity index is 871. The van der Waals surface area contributed by atoms with Crippen molar-refractivity contribution >= 4 is 22.7 Å². The van der Waals surface area contributed by atoms with Crippen LogP contribution in [0.25, 0.3) is 22.3 Å². The van der Waals surface area contributed by atoms with Gasteiger partial charge in [0, 0.05) is 30.6 Å². The molecule has 3 aromatic heterocycles. The van der Waals surface area contributed by atoms with Gasteiger partial charge in [0.2, 0.25) is 0 Å². The van der Waals surface area contributed by atoms with E-state index in [1.165, 1.54) is 14.6 Å². The number of aromatic amines is 1. The van der Waals surface area contributed by atoms with Gasteiger partial charge in [-0.25, -0.2) is 5.10 Å². The lowest BCUT2D eigenvalue weighted by molar-refractivity contribution is 0.993.